The molecule has 2 aliphatic rings. The number of halogens is 1. The molecule has 6 nitrogen and oxygen atoms in total. The Bertz CT molecular complexity index is 854. The Balaban J connectivity index is 1.53. The molecule has 0 spiro atoms. The zero-order chi connectivity index (χ0) is 19.5. The summed E-state index contributed by atoms with van der Waals surface area (Å²) in [7, 11) is 0. The number of carbonyl (C=O) groups is 1. The van der Waals surface area contributed by atoms with Crippen molar-refractivity contribution >= 4 is 29.2 Å². The second-order valence-corrected chi connectivity index (χ2v) is 7.95. The molecule has 28 heavy (non-hydrogen) atoms. The van der Waals surface area contributed by atoms with E-state index in [4.69, 9.17) is 11.8 Å². The van der Waals surface area contributed by atoms with E-state index in [1.54, 1.807) is 6.07 Å². The number of amides is 1. The molecule has 0 radical (unpaired) electrons. The SMILES string of the molecule is CCCN(CC1CC1)c1cc(C(=O)N(Cl)c2ccc3c(c2)CCNC3)ncn1. The number of benzene rings is 1. The van der Waals surface area contributed by atoms with Gasteiger partial charge in [-0.25, -0.2) is 14.4 Å². The lowest BCUT2D eigenvalue weighted by atomic mass is 10.0. The minimum atomic E-state index is -0.331. The minimum Gasteiger partial charge on any atom is -0.356 e. The lowest BCUT2D eigenvalue weighted by molar-refractivity contribution is 0.100. The van der Waals surface area contributed by atoms with Gasteiger partial charge in [0.1, 0.15) is 17.8 Å². The van der Waals surface area contributed by atoms with Gasteiger partial charge in [-0.2, -0.15) is 0 Å². The Morgan fingerprint density at radius 1 is 1.25 bits per heavy atom. The highest BCUT2D eigenvalue weighted by Gasteiger charge is 2.26. The lowest BCUT2D eigenvalue weighted by Gasteiger charge is -2.23. The maximum atomic E-state index is 13.0. The fourth-order valence-electron chi connectivity index (χ4n) is 3.62. The molecule has 0 atom stereocenters. The van der Waals surface area contributed by atoms with Crippen molar-refractivity contribution in [3.63, 3.8) is 0 Å². The summed E-state index contributed by atoms with van der Waals surface area (Å²) in [5, 5.41) is 3.35. The van der Waals surface area contributed by atoms with E-state index in [0.29, 0.717) is 11.4 Å². The van der Waals surface area contributed by atoms with Gasteiger partial charge in [0.25, 0.3) is 5.91 Å². The number of anilines is 2. The summed E-state index contributed by atoms with van der Waals surface area (Å²) < 4.78 is 1.17. The maximum absolute atomic E-state index is 13.0. The molecule has 1 aliphatic heterocycles. The number of carbonyl (C=O) groups excluding carboxylic acids is 1. The van der Waals surface area contributed by atoms with Crippen molar-refractivity contribution in [2.45, 2.75) is 39.2 Å². The van der Waals surface area contributed by atoms with Gasteiger partial charge in [0.05, 0.1) is 5.69 Å². The standard InChI is InChI=1S/C21H26ClN5O/c1-2-9-26(13-15-3-4-15)20-11-19(24-14-25-20)21(28)27(22)18-6-5-17-12-23-8-7-16(17)10-18/h5-6,10-11,14-15,23H,2-4,7-9,12-13H2,1H3. The lowest BCUT2D eigenvalue weighted by Crippen LogP contribution is -2.29. The number of fused-ring (bicyclic) bond motifs is 1. The second-order valence-electron chi connectivity index (χ2n) is 7.62. The molecule has 1 aromatic carbocycles. The van der Waals surface area contributed by atoms with Crippen LogP contribution in [0, 0.1) is 5.92 Å². The van der Waals surface area contributed by atoms with Gasteiger partial charge in [0.2, 0.25) is 0 Å². The number of rotatable bonds is 7. The summed E-state index contributed by atoms with van der Waals surface area (Å²) in [5.74, 6) is 1.21. The third-order valence-electron chi connectivity index (χ3n) is 5.35. The molecule has 148 valence electrons. The van der Waals surface area contributed by atoms with Crippen LogP contribution in [0.25, 0.3) is 0 Å². The van der Waals surface area contributed by atoms with Gasteiger partial charge in [-0.1, -0.05) is 13.0 Å². The van der Waals surface area contributed by atoms with Crippen molar-refractivity contribution < 1.29 is 4.79 Å². The predicted molar refractivity (Wildman–Crippen MR) is 112 cm³/mol. The van der Waals surface area contributed by atoms with Crippen LogP contribution in [-0.4, -0.2) is 35.5 Å². The Hall–Kier alpha value is -2.18. The van der Waals surface area contributed by atoms with Gasteiger partial charge in [-0.05, 0) is 61.4 Å². The van der Waals surface area contributed by atoms with Gasteiger partial charge in [-0.15, -0.1) is 0 Å². The highest BCUT2D eigenvalue weighted by atomic mass is 35.5. The van der Waals surface area contributed by atoms with Crippen LogP contribution in [0.1, 0.15) is 47.8 Å². The first-order valence-electron chi connectivity index (χ1n) is 10.1. The average Bonchev–Trinajstić information content (AvgIpc) is 3.56. The molecule has 1 aromatic heterocycles. The van der Waals surface area contributed by atoms with Crippen LogP contribution in [0.2, 0.25) is 0 Å². The molecule has 1 amide bonds. The molecule has 7 heteroatoms. The van der Waals surface area contributed by atoms with Gasteiger partial charge in [-0.3, -0.25) is 4.79 Å². The fraction of sp³-hybridized carbons (Fsp3) is 0.476. The van der Waals surface area contributed by atoms with Crippen LogP contribution >= 0.6 is 11.8 Å². The monoisotopic (exact) mass is 399 g/mol. The molecule has 1 aliphatic carbocycles. The summed E-state index contributed by atoms with van der Waals surface area (Å²) in [4.78, 5) is 23.8. The van der Waals surface area contributed by atoms with E-state index in [0.717, 1.165) is 50.8 Å². The topological polar surface area (TPSA) is 61.4 Å². The van der Waals surface area contributed by atoms with Crippen molar-refractivity contribution in [3.05, 3.63) is 47.4 Å². The zero-order valence-electron chi connectivity index (χ0n) is 16.2. The number of aromatic nitrogens is 2. The number of hydrogen-bond donors (Lipinski definition) is 1. The minimum absolute atomic E-state index is 0.316. The molecule has 2 heterocycles. The summed E-state index contributed by atoms with van der Waals surface area (Å²) >= 11 is 6.42. The van der Waals surface area contributed by atoms with E-state index in [9.17, 15) is 4.79 Å². The highest BCUT2D eigenvalue weighted by Crippen LogP contribution is 2.31. The smallest absolute Gasteiger partial charge is 0.291 e. The summed E-state index contributed by atoms with van der Waals surface area (Å²) in [6.45, 7) is 5.86. The molecular weight excluding hydrogens is 374 g/mol. The first-order valence-corrected chi connectivity index (χ1v) is 10.4. The Kier molecular flexibility index (Phi) is 5.78. The first-order chi connectivity index (χ1) is 13.7. The molecule has 0 unspecified atom stereocenters. The zero-order valence-corrected chi connectivity index (χ0v) is 17.0. The van der Waals surface area contributed by atoms with Crippen LogP contribution in [0.4, 0.5) is 11.5 Å². The van der Waals surface area contributed by atoms with Crippen molar-refractivity contribution in [1.29, 1.82) is 0 Å². The molecule has 4 rings (SSSR count). The fourth-order valence-corrected chi connectivity index (χ4v) is 3.81. The van der Waals surface area contributed by atoms with Crippen LogP contribution in [0.5, 0.6) is 0 Å². The van der Waals surface area contributed by atoms with E-state index in [2.05, 4.69) is 27.1 Å². The number of hydrogen-bond acceptors (Lipinski definition) is 5. The highest BCUT2D eigenvalue weighted by molar-refractivity contribution is 6.39. The van der Waals surface area contributed by atoms with Crippen molar-refractivity contribution in [2.75, 3.05) is 29.0 Å². The van der Waals surface area contributed by atoms with E-state index in [-0.39, 0.29) is 5.91 Å². The normalized spacial score (nSPS) is 15.8. The summed E-state index contributed by atoms with van der Waals surface area (Å²) in [6.07, 6.45) is 5.99. The molecule has 1 saturated carbocycles. The summed E-state index contributed by atoms with van der Waals surface area (Å²) in [5.41, 5.74) is 3.48. The molecule has 0 saturated heterocycles. The molecule has 0 bridgehead atoms. The van der Waals surface area contributed by atoms with Crippen LogP contribution in [0.15, 0.2) is 30.6 Å². The van der Waals surface area contributed by atoms with E-state index in [1.807, 2.05) is 18.2 Å². The number of nitrogens with one attached hydrogen (secondary N) is 1. The van der Waals surface area contributed by atoms with E-state index in [1.165, 1.54) is 34.7 Å². The maximum Gasteiger partial charge on any atom is 0.291 e. The van der Waals surface area contributed by atoms with Crippen LogP contribution < -0.4 is 14.6 Å². The van der Waals surface area contributed by atoms with Crippen molar-refractivity contribution in [1.82, 2.24) is 15.3 Å². The molecule has 2 aromatic rings. The largest absolute Gasteiger partial charge is 0.356 e. The van der Waals surface area contributed by atoms with Crippen LogP contribution in [-0.2, 0) is 13.0 Å². The molecule has 1 fully saturated rings. The first kappa shape index (κ1) is 19.2. The summed E-state index contributed by atoms with van der Waals surface area (Å²) in [6, 6.07) is 7.68. The number of nitrogens with zero attached hydrogens (tertiary/aromatic N) is 4. The van der Waals surface area contributed by atoms with Crippen molar-refractivity contribution in [3.8, 4) is 0 Å². The van der Waals surface area contributed by atoms with Crippen LogP contribution in [0.3, 0.4) is 0 Å². The third kappa shape index (κ3) is 4.28. The molecular formula is C21H26ClN5O. The van der Waals surface area contributed by atoms with Crippen molar-refractivity contribution in [2.24, 2.45) is 5.92 Å². The van der Waals surface area contributed by atoms with E-state index < -0.39 is 0 Å². The van der Waals surface area contributed by atoms with Gasteiger partial charge >= 0.3 is 0 Å². The molecule has 1 N–H and O–H groups in total. The third-order valence-corrected chi connectivity index (χ3v) is 5.69. The Labute approximate surface area is 171 Å². The Morgan fingerprint density at radius 2 is 2.11 bits per heavy atom. The van der Waals surface area contributed by atoms with Gasteiger partial charge < -0.3 is 10.2 Å². The van der Waals surface area contributed by atoms with Gasteiger partial charge in [0, 0.05) is 37.5 Å². The predicted octanol–water partition coefficient (Wildman–Crippen LogP) is 3.55. The van der Waals surface area contributed by atoms with Gasteiger partial charge in [0.15, 0.2) is 0 Å². The van der Waals surface area contributed by atoms with E-state index >= 15 is 0 Å². The second kappa shape index (κ2) is 8.45. The quantitative estimate of drug-likeness (QED) is 0.721. The Morgan fingerprint density at radius 3 is 2.89 bits per heavy atom. The average molecular weight is 400 g/mol.